The van der Waals surface area contributed by atoms with E-state index in [1.54, 1.807) is 0 Å². The third kappa shape index (κ3) is 2.36. The van der Waals surface area contributed by atoms with Gasteiger partial charge in [0.25, 0.3) is 5.56 Å². The molecule has 5 N–H and O–H groups in total. The number of rotatable bonds is 4. The molecule has 0 saturated carbocycles. The zero-order valence-corrected chi connectivity index (χ0v) is 12.3. The Morgan fingerprint density at radius 2 is 2.39 bits per heavy atom. The van der Waals surface area contributed by atoms with Crippen LogP contribution in [-0.4, -0.2) is 55.7 Å². The highest BCUT2D eigenvalue weighted by atomic mass is 16.5. The molecule has 0 unspecified atom stereocenters. The first-order valence-corrected chi connectivity index (χ1v) is 6.87. The monoisotopic (exact) mass is 323 g/mol. The lowest BCUT2D eigenvalue weighted by Gasteiger charge is -2.20. The molecule has 4 atom stereocenters. The van der Waals surface area contributed by atoms with E-state index in [1.165, 1.54) is 18.0 Å². The number of aromatic nitrogens is 4. The first-order chi connectivity index (χ1) is 11.0. The van der Waals surface area contributed by atoms with Crippen molar-refractivity contribution in [2.45, 2.75) is 18.4 Å². The highest BCUT2D eigenvalue weighted by Crippen LogP contribution is 2.38. The van der Waals surface area contributed by atoms with Gasteiger partial charge in [0, 0.05) is 0 Å². The maximum atomic E-state index is 11.8. The number of aliphatic hydroxyl groups is 2. The van der Waals surface area contributed by atoms with Gasteiger partial charge in [-0.3, -0.25) is 14.3 Å². The normalized spacial score (nSPS) is 27.4. The Bertz CT molecular complexity index is 800. The molecular weight excluding hydrogens is 306 g/mol. The molecule has 0 bridgehead atoms. The summed E-state index contributed by atoms with van der Waals surface area (Å²) in [6.07, 6.45) is -1.37. The average Bonchev–Trinajstić information content (AvgIpc) is 3.07. The Balaban J connectivity index is 2.06. The van der Waals surface area contributed by atoms with Crippen LogP contribution in [0.15, 0.2) is 23.5 Å². The molecule has 1 aliphatic rings. The van der Waals surface area contributed by atoms with Crippen molar-refractivity contribution in [3.63, 3.8) is 0 Å². The first kappa shape index (κ1) is 15.5. The fraction of sp³-hybridized carbons (Fsp3) is 0.462. The fourth-order valence-corrected chi connectivity index (χ4v) is 2.79. The zero-order valence-electron chi connectivity index (χ0n) is 12.3. The smallest absolute Gasteiger partial charge is 0.280 e. The van der Waals surface area contributed by atoms with Gasteiger partial charge < -0.3 is 25.4 Å². The molecule has 3 heterocycles. The van der Waals surface area contributed by atoms with Crippen molar-refractivity contribution in [3.05, 3.63) is 29.0 Å². The second-order valence-electron chi connectivity index (χ2n) is 5.21. The van der Waals surface area contributed by atoms with E-state index in [2.05, 4.69) is 21.5 Å². The molecule has 124 valence electrons. The van der Waals surface area contributed by atoms with Gasteiger partial charge in [-0.2, -0.15) is 4.98 Å². The quantitative estimate of drug-likeness (QED) is 0.509. The minimum atomic E-state index is -1.07. The van der Waals surface area contributed by atoms with E-state index in [1.807, 2.05) is 0 Å². The minimum Gasteiger partial charge on any atom is -0.501 e. The Morgan fingerprint density at radius 3 is 3.04 bits per heavy atom. The van der Waals surface area contributed by atoms with Crippen molar-refractivity contribution in [3.8, 4) is 0 Å². The van der Waals surface area contributed by atoms with Crippen LogP contribution in [0.2, 0.25) is 0 Å². The van der Waals surface area contributed by atoms with Crippen LogP contribution in [0.5, 0.6) is 0 Å². The lowest BCUT2D eigenvalue weighted by atomic mass is 9.96. The first-order valence-electron chi connectivity index (χ1n) is 6.87. The van der Waals surface area contributed by atoms with E-state index in [9.17, 15) is 15.0 Å². The van der Waals surface area contributed by atoms with Crippen LogP contribution < -0.4 is 11.3 Å². The molecule has 0 aliphatic carbocycles. The van der Waals surface area contributed by atoms with Gasteiger partial charge in [-0.1, -0.05) is 6.58 Å². The number of nitrogens with one attached hydrogen (secondary N) is 1. The van der Waals surface area contributed by atoms with E-state index in [0.29, 0.717) is 0 Å². The maximum Gasteiger partial charge on any atom is 0.280 e. The summed E-state index contributed by atoms with van der Waals surface area (Å²) in [6.45, 7) is 3.39. The predicted octanol–water partition coefficient (Wildman–Crippen LogP) is -1.27. The van der Waals surface area contributed by atoms with Gasteiger partial charge in [-0.25, -0.2) is 4.98 Å². The number of fused-ring (bicyclic) bond motifs is 1. The highest BCUT2D eigenvalue weighted by molar-refractivity contribution is 5.70. The number of nitrogen functional groups attached to an aromatic ring is 1. The molecule has 1 saturated heterocycles. The van der Waals surface area contributed by atoms with E-state index >= 15 is 0 Å². The minimum absolute atomic E-state index is 0.0737. The molecule has 23 heavy (non-hydrogen) atoms. The number of ether oxygens (including phenoxy) is 2. The van der Waals surface area contributed by atoms with Gasteiger partial charge in [0.05, 0.1) is 37.8 Å². The van der Waals surface area contributed by atoms with Crippen molar-refractivity contribution >= 4 is 17.1 Å². The van der Waals surface area contributed by atoms with Gasteiger partial charge in [-0.15, -0.1) is 0 Å². The second-order valence-corrected chi connectivity index (χ2v) is 5.21. The van der Waals surface area contributed by atoms with Gasteiger partial charge in [-0.05, 0) is 0 Å². The fourth-order valence-electron chi connectivity index (χ4n) is 2.79. The Morgan fingerprint density at radius 1 is 1.65 bits per heavy atom. The van der Waals surface area contributed by atoms with Gasteiger partial charge in [0.1, 0.15) is 6.10 Å². The van der Waals surface area contributed by atoms with Crippen LogP contribution in [0.3, 0.4) is 0 Å². The molecule has 10 nitrogen and oxygen atoms in total. The van der Waals surface area contributed by atoms with E-state index < -0.39 is 29.9 Å². The maximum absolute atomic E-state index is 11.8. The number of nitrogens with zero attached hydrogens (tertiary/aromatic N) is 3. The lowest BCUT2D eigenvalue weighted by molar-refractivity contribution is -0.0493. The largest absolute Gasteiger partial charge is 0.501 e. The number of hydrogen-bond acceptors (Lipinski definition) is 8. The Labute approximate surface area is 130 Å². The summed E-state index contributed by atoms with van der Waals surface area (Å²) in [7, 11) is 1.42. The van der Waals surface area contributed by atoms with E-state index in [0.717, 1.165) is 0 Å². The summed E-state index contributed by atoms with van der Waals surface area (Å²) in [6, 6.07) is 0. The SMILES string of the molecule is C=C(OC)[C@H]1[C@@H](O)[C@H](n2cnc3c(=O)[nH]c(N)nc32)O[C@@H]1CO. The number of imidazole rings is 1. The van der Waals surface area contributed by atoms with E-state index in [-0.39, 0.29) is 29.5 Å². The van der Waals surface area contributed by atoms with Crippen LogP contribution in [0.1, 0.15) is 6.23 Å². The predicted molar refractivity (Wildman–Crippen MR) is 79.2 cm³/mol. The molecule has 0 amide bonds. The molecule has 0 radical (unpaired) electrons. The number of nitrogens with two attached hydrogens (primary N) is 1. The van der Waals surface area contributed by atoms with Crippen LogP contribution in [0.25, 0.3) is 11.2 Å². The van der Waals surface area contributed by atoms with Crippen LogP contribution in [0.4, 0.5) is 5.95 Å². The third-order valence-electron chi connectivity index (χ3n) is 3.91. The molecular formula is C13H17N5O5. The zero-order chi connectivity index (χ0) is 16.7. The summed E-state index contributed by atoms with van der Waals surface area (Å²) in [5.74, 6) is -0.422. The number of aliphatic hydroxyl groups excluding tert-OH is 2. The lowest BCUT2D eigenvalue weighted by Crippen LogP contribution is -2.30. The van der Waals surface area contributed by atoms with Crippen LogP contribution in [-0.2, 0) is 9.47 Å². The number of H-pyrrole nitrogens is 1. The average molecular weight is 323 g/mol. The van der Waals surface area contributed by atoms with Crippen molar-refractivity contribution in [1.82, 2.24) is 19.5 Å². The van der Waals surface area contributed by atoms with Crippen LogP contribution in [0, 0.1) is 5.92 Å². The van der Waals surface area contributed by atoms with Gasteiger partial charge >= 0.3 is 0 Å². The molecule has 0 spiro atoms. The van der Waals surface area contributed by atoms with E-state index in [4.69, 9.17) is 15.2 Å². The summed E-state index contributed by atoms with van der Waals surface area (Å²) in [5, 5.41) is 20.0. The summed E-state index contributed by atoms with van der Waals surface area (Å²) >= 11 is 0. The van der Waals surface area contributed by atoms with Crippen molar-refractivity contribution in [2.24, 2.45) is 5.92 Å². The molecule has 2 aromatic heterocycles. The van der Waals surface area contributed by atoms with Crippen molar-refractivity contribution in [2.75, 3.05) is 19.5 Å². The summed E-state index contributed by atoms with van der Waals surface area (Å²) in [5.41, 5.74) is 5.31. The summed E-state index contributed by atoms with van der Waals surface area (Å²) in [4.78, 5) is 22.2. The molecule has 2 aromatic rings. The number of hydrogen-bond donors (Lipinski definition) is 4. The van der Waals surface area contributed by atoms with Gasteiger partial charge in [0.2, 0.25) is 5.95 Å². The number of anilines is 1. The van der Waals surface area contributed by atoms with Crippen molar-refractivity contribution in [1.29, 1.82) is 0 Å². The number of methoxy groups -OCH3 is 1. The third-order valence-corrected chi connectivity index (χ3v) is 3.91. The molecule has 0 aromatic carbocycles. The molecule has 1 aliphatic heterocycles. The topological polar surface area (TPSA) is 149 Å². The highest BCUT2D eigenvalue weighted by Gasteiger charge is 2.47. The molecule has 3 rings (SSSR count). The standard InChI is InChI=1S/C13H17N5O5/c1-5(22-2)7-6(3-19)23-12(9(7)20)18-4-15-8-10(18)16-13(14)17-11(8)21/h4,6-7,9,12,19-20H,1,3H2,2H3,(H3,14,16,17,21)/t6-,7-,9-,12-/m1/s1. The molecule has 1 fully saturated rings. The van der Waals surface area contributed by atoms with Crippen LogP contribution >= 0.6 is 0 Å². The Hall–Kier alpha value is -2.43. The number of aromatic amines is 1. The van der Waals surface area contributed by atoms with Crippen molar-refractivity contribution < 1.29 is 19.7 Å². The van der Waals surface area contributed by atoms with Gasteiger partial charge in [0.15, 0.2) is 17.4 Å². The molecule has 10 heteroatoms. The Kier molecular flexibility index (Phi) is 3.80. The summed E-state index contributed by atoms with van der Waals surface area (Å²) < 4.78 is 12.1. The second kappa shape index (κ2) is 5.65.